The van der Waals surface area contributed by atoms with Gasteiger partial charge in [-0.25, -0.2) is 0 Å². The van der Waals surface area contributed by atoms with Gasteiger partial charge in [-0.05, 0) is 61.7 Å². The number of hydrogen-bond donors (Lipinski definition) is 2. The van der Waals surface area contributed by atoms with Crippen LogP contribution in [0.3, 0.4) is 0 Å². The van der Waals surface area contributed by atoms with Gasteiger partial charge in [0.25, 0.3) is 0 Å². The van der Waals surface area contributed by atoms with Gasteiger partial charge in [0.1, 0.15) is 11.6 Å². The third-order valence-corrected chi connectivity index (χ3v) is 8.22. The molecular weight excluding hydrogens is 468 g/mol. The van der Waals surface area contributed by atoms with Gasteiger partial charge in [0.2, 0.25) is 5.95 Å². The van der Waals surface area contributed by atoms with Crippen molar-refractivity contribution in [2.45, 2.75) is 51.4 Å². The van der Waals surface area contributed by atoms with Crippen LogP contribution in [-0.4, -0.2) is 61.0 Å². The number of anilines is 3. The fourth-order valence-corrected chi connectivity index (χ4v) is 6.28. The van der Waals surface area contributed by atoms with Crippen molar-refractivity contribution in [3.05, 3.63) is 42.0 Å². The van der Waals surface area contributed by atoms with Crippen molar-refractivity contribution in [1.29, 1.82) is 0 Å². The first-order valence-corrected chi connectivity index (χ1v) is 14.0. The lowest BCUT2D eigenvalue weighted by Crippen LogP contribution is -2.45. The fraction of sp³-hybridized carbons (Fsp3) is 0.607. The standard InChI is InChI=1S/C28H40N6OS/c1-21-16-22(2)19-34(18-21)25-17-24(33-12-6-7-13-33)30-26(31-25)32-27(36)29-20-28(10-14-35-15-11-28)23-8-4-3-5-9-23/h3-5,8-9,17,21-22H,6-7,10-16,18-20H2,1-2H3,(H2,29,30,31,32,36). The third kappa shape index (κ3) is 5.92. The number of benzene rings is 1. The number of piperidine rings is 1. The predicted molar refractivity (Wildman–Crippen MR) is 151 cm³/mol. The van der Waals surface area contributed by atoms with E-state index in [0.29, 0.717) is 22.9 Å². The SMILES string of the molecule is CC1CC(C)CN(c2cc(N3CCCC3)nc(NC(=S)NCC3(c4ccccc4)CCOCC3)n2)C1. The van der Waals surface area contributed by atoms with Gasteiger partial charge in [0, 0.05) is 57.4 Å². The number of nitrogens with zero attached hydrogens (tertiary/aromatic N) is 4. The van der Waals surface area contributed by atoms with Crippen molar-refractivity contribution in [2.24, 2.45) is 11.8 Å². The first kappa shape index (κ1) is 25.2. The summed E-state index contributed by atoms with van der Waals surface area (Å²) in [6.07, 6.45) is 5.65. The maximum absolute atomic E-state index is 5.76. The number of ether oxygens (including phenoxy) is 1. The van der Waals surface area contributed by atoms with Crippen LogP contribution in [0.15, 0.2) is 36.4 Å². The Morgan fingerprint density at radius 1 is 1.00 bits per heavy atom. The minimum absolute atomic E-state index is 0.00868. The van der Waals surface area contributed by atoms with E-state index in [1.165, 1.54) is 24.8 Å². The molecule has 2 aromatic rings. The smallest absolute Gasteiger partial charge is 0.232 e. The zero-order valence-corrected chi connectivity index (χ0v) is 22.5. The van der Waals surface area contributed by atoms with Crippen LogP contribution in [0.5, 0.6) is 0 Å². The van der Waals surface area contributed by atoms with E-state index in [2.05, 4.69) is 70.7 Å². The topological polar surface area (TPSA) is 65.5 Å². The molecule has 0 aliphatic carbocycles. The molecule has 3 aliphatic heterocycles. The number of rotatable bonds is 6. The summed E-state index contributed by atoms with van der Waals surface area (Å²) in [6, 6.07) is 12.9. The first-order valence-electron chi connectivity index (χ1n) is 13.6. The molecule has 194 valence electrons. The second kappa shape index (κ2) is 11.3. The Balaban J connectivity index is 1.32. The number of thiocarbonyl (C=S) groups is 1. The molecule has 2 atom stereocenters. The summed E-state index contributed by atoms with van der Waals surface area (Å²) in [7, 11) is 0. The lowest BCUT2D eigenvalue weighted by Gasteiger charge is -2.38. The van der Waals surface area contributed by atoms with Gasteiger partial charge >= 0.3 is 0 Å². The number of hydrogen-bond acceptors (Lipinski definition) is 6. The van der Waals surface area contributed by atoms with Crippen molar-refractivity contribution in [3.8, 4) is 0 Å². The molecule has 7 nitrogen and oxygen atoms in total. The highest BCUT2D eigenvalue weighted by Crippen LogP contribution is 2.34. The molecule has 5 rings (SSSR count). The third-order valence-electron chi connectivity index (χ3n) is 7.97. The van der Waals surface area contributed by atoms with Gasteiger partial charge in [-0.2, -0.15) is 9.97 Å². The van der Waals surface area contributed by atoms with E-state index in [-0.39, 0.29) is 5.41 Å². The quantitative estimate of drug-likeness (QED) is 0.549. The Kier molecular flexibility index (Phi) is 7.91. The molecule has 2 N–H and O–H groups in total. The molecule has 1 aromatic carbocycles. The van der Waals surface area contributed by atoms with Crippen molar-refractivity contribution < 1.29 is 4.74 Å². The first-order chi connectivity index (χ1) is 17.5. The molecule has 8 heteroatoms. The van der Waals surface area contributed by atoms with E-state index in [1.54, 1.807) is 0 Å². The summed E-state index contributed by atoms with van der Waals surface area (Å²) < 4.78 is 5.69. The lowest BCUT2D eigenvalue weighted by molar-refractivity contribution is 0.0515. The van der Waals surface area contributed by atoms with E-state index >= 15 is 0 Å². The maximum Gasteiger partial charge on any atom is 0.232 e. The Morgan fingerprint density at radius 2 is 1.64 bits per heavy atom. The maximum atomic E-state index is 5.76. The van der Waals surface area contributed by atoms with Gasteiger partial charge in [0.15, 0.2) is 5.11 Å². The zero-order valence-electron chi connectivity index (χ0n) is 21.7. The normalized spacial score (nSPS) is 23.9. The summed E-state index contributed by atoms with van der Waals surface area (Å²) >= 11 is 5.76. The minimum atomic E-state index is 0.00868. The van der Waals surface area contributed by atoms with Crippen LogP contribution in [0.4, 0.5) is 17.6 Å². The summed E-state index contributed by atoms with van der Waals surface area (Å²) in [6.45, 7) is 11.1. The van der Waals surface area contributed by atoms with Crippen molar-refractivity contribution in [3.63, 3.8) is 0 Å². The van der Waals surface area contributed by atoms with Crippen molar-refractivity contribution in [1.82, 2.24) is 15.3 Å². The minimum Gasteiger partial charge on any atom is -0.381 e. The summed E-state index contributed by atoms with van der Waals surface area (Å²) in [5.41, 5.74) is 1.35. The molecule has 0 radical (unpaired) electrons. The Hall–Kier alpha value is -2.45. The van der Waals surface area contributed by atoms with Gasteiger partial charge in [-0.3, -0.25) is 0 Å². The summed E-state index contributed by atoms with van der Waals surface area (Å²) in [4.78, 5) is 14.6. The average Bonchev–Trinajstić information content (AvgIpc) is 3.43. The second-order valence-corrected chi connectivity index (χ2v) is 11.4. The van der Waals surface area contributed by atoms with Crippen LogP contribution in [-0.2, 0) is 10.2 Å². The average molecular weight is 509 g/mol. The Morgan fingerprint density at radius 3 is 2.31 bits per heavy atom. The second-order valence-electron chi connectivity index (χ2n) is 11.0. The molecule has 3 saturated heterocycles. The molecule has 3 aliphatic rings. The van der Waals surface area contributed by atoms with Gasteiger partial charge in [-0.15, -0.1) is 0 Å². The molecule has 3 fully saturated rings. The molecule has 2 unspecified atom stereocenters. The Bertz CT molecular complexity index is 1010. The van der Waals surface area contributed by atoms with E-state index < -0.39 is 0 Å². The van der Waals surface area contributed by atoms with Crippen LogP contribution >= 0.6 is 12.2 Å². The summed E-state index contributed by atoms with van der Waals surface area (Å²) in [5.74, 6) is 3.90. The zero-order chi connectivity index (χ0) is 25.0. The molecule has 36 heavy (non-hydrogen) atoms. The van der Waals surface area contributed by atoms with Gasteiger partial charge in [0.05, 0.1) is 0 Å². The highest BCUT2D eigenvalue weighted by Gasteiger charge is 2.34. The van der Waals surface area contributed by atoms with Crippen LogP contribution < -0.4 is 20.4 Å². The van der Waals surface area contributed by atoms with Crippen LogP contribution in [0.1, 0.15) is 51.5 Å². The molecule has 0 amide bonds. The lowest BCUT2D eigenvalue weighted by atomic mass is 9.74. The molecule has 0 bridgehead atoms. The van der Waals surface area contributed by atoms with Gasteiger partial charge in [-0.1, -0.05) is 44.2 Å². The van der Waals surface area contributed by atoms with Crippen molar-refractivity contribution >= 4 is 34.9 Å². The number of aromatic nitrogens is 2. The van der Waals surface area contributed by atoms with Gasteiger partial charge < -0.3 is 25.2 Å². The highest BCUT2D eigenvalue weighted by molar-refractivity contribution is 7.80. The van der Waals surface area contributed by atoms with Crippen molar-refractivity contribution in [2.75, 3.05) is 61.1 Å². The summed E-state index contributed by atoms with van der Waals surface area (Å²) in [5, 5.41) is 7.40. The van der Waals surface area contributed by atoms with Crippen LogP contribution in [0, 0.1) is 11.8 Å². The Labute approximate surface area is 221 Å². The van der Waals surface area contributed by atoms with Crippen LogP contribution in [0.2, 0.25) is 0 Å². The molecule has 0 saturated carbocycles. The molecular formula is C28H40N6OS. The largest absolute Gasteiger partial charge is 0.381 e. The van der Waals surface area contributed by atoms with E-state index in [9.17, 15) is 0 Å². The molecule has 0 spiro atoms. The molecule has 1 aromatic heterocycles. The van der Waals surface area contributed by atoms with Crippen LogP contribution in [0.25, 0.3) is 0 Å². The van der Waals surface area contributed by atoms with E-state index in [1.807, 2.05) is 0 Å². The fourth-order valence-electron chi connectivity index (χ4n) is 6.11. The van der Waals surface area contributed by atoms with E-state index in [0.717, 1.165) is 70.4 Å². The highest BCUT2D eigenvalue weighted by atomic mass is 32.1. The predicted octanol–water partition coefficient (Wildman–Crippen LogP) is 4.59. The molecule has 4 heterocycles. The van der Waals surface area contributed by atoms with E-state index in [4.69, 9.17) is 26.9 Å². The number of nitrogens with one attached hydrogen (secondary N) is 2. The monoisotopic (exact) mass is 508 g/mol.